The lowest BCUT2D eigenvalue weighted by molar-refractivity contribution is 0.156. The third kappa shape index (κ3) is 3.96. The quantitative estimate of drug-likeness (QED) is 0.486. The van der Waals surface area contributed by atoms with Crippen LogP contribution in [0.2, 0.25) is 0 Å². The molecule has 0 saturated carbocycles. The molecule has 0 aromatic heterocycles. The fourth-order valence-corrected chi connectivity index (χ4v) is 2.45. The molecule has 0 atom stereocenters. The first kappa shape index (κ1) is 13.9. The Morgan fingerprint density at radius 1 is 1.37 bits per heavy atom. The van der Waals surface area contributed by atoms with Gasteiger partial charge in [-0.2, -0.15) is 0 Å². The molecule has 4 nitrogen and oxygen atoms in total. The largest absolute Gasteiger partial charge is 0.380 e. The van der Waals surface area contributed by atoms with Gasteiger partial charge in [0.1, 0.15) is 0 Å². The molecule has 0 saturated heterocycles. The predicted molar refractivity (Wildman–Crippen MR) is 79.7 cm³/mol. The van der Waals surface area contributed by atoms with Crippen LogP contribution in [0.25, 0.3) is 0 Å². The van der Waals surface area contributed by atoms with Crippen molar-refractivity contribution in [3.63, 3.8) is 0 Å². The molecule has 0 aliphatic heterocycles. The second-order valence-electron chi connectivity index (χ2n) is 4.74. The van der Waals surface area contributed by atoms with Crippen LogP contribution in [0.5, 0.6) is 0 Å². The minimum absolute atomic E-state index is 0.471. The molecule has 0 bridgehead atoms. The van der Waals surface area contributed by atoms with Gasteiger partial charge in [0, 0.05) is 12.3 Å². The Balaban J connectivity index is 1.98. The first-order chi connectivity index (χ1) is 9.31. The lowest BCUT2D eigenvalue weighted by Crippen LogP contribution is -2.24. The van der Waals surface area contributed by atoms with E-state index in [0.29, 0.717) is 19.1 Å². The number of rotatable bonds is 5. The minimum Gasteiger partial charge on any atom is -0.380 e. The van der Waals surface area contributed by atoms with Gasteiger partial charge in [0.05, 0.1) is 13.2 Å². The van der Waals surface area contributed by atoms with Gasteiger partial charge >= 0.3 is 0 Å². The van der Waals surface area contributed by atoms with Gasteiger partial charge in [0.2, 0.25) is 0 Å². The van der Waals surface area contributed by atoms with Gasteiger partial charge in [-0.1, -0.05) is 12.1 Å². The summed E-state index contributed by atoms with van der Waals surface area (Å²) < 4.78 is 5.23. The van der Waals surface area contributed by atoms with Crippen molar-refractivity contribution in [1.82, 2.24) is 0 Å². The number of benzene rings is 1. The number of nitrogens with zero attached hydrogens (tertiary/aromatic N) is 1. The topological polar surface area (TPSA) is 59.6 Å². The number of hydrogen-bond acceptors (Lipinski definition) is 2. The second kappa shape index (κ2) is 7.14. The van der Waals surface area contributed by atoms with Crippen molar-refractivity contribution in [2.45, 2.75) is 32.6 Å². The van der Waals surface area contributed by atoms with Crippen molar-refractivity contribution >= 4 is 11.6 Å². The molecule has 1 aromatic rings. The number of hydrogen-bond donors (Lipinski definition) is 2. The number of anilines is 1. The van der Waals surface area contributed by atoms with Crippen LogP contribution >= 0.6 is 0 Å². The van der Waals surface area contributed by atoms with E-state index >= 15 is 0 Å². The van der Waals surface area contributed by atoms with Gasteiger partial charge in [0.25, 0.3) is 0 Å². The molecule has 2 rings (SSSR count). The van der Waals surface area contributed by atoms with Crippen LogP contribution < -0.4 is 11.1 Å². The van der Waals surface area contributed by atoms with Gasteiger partial charge in [-0.05, 0) is 49.8 Å². The highest BCUT2D eigenvalue weighted by Gasteiger charge is 2.12. The van der Waals surface area contributed by atoms with E-state index in [9.17, 15) is 0 Å². The third-order valence-electron chi connectivity index (χ3n) is 3.38. The van der Waals surface area contributed by atoms with Crippen LogP contribution in [0, 0.1) is 0 Å². The summed E-state index contributed by atoms with van der Waals surface area (Å²) in [6.45, 7) is 3.91. The van der Waals surface area contributed by atoms with E-state index in [1.807, 2.05) is 6.92 Å². The van der Waals surface area contributed by atoms with Gasteiger partial charge < -0.3 is 15.8 Å². The Morgan fingerprint density at radius 3 is 3.05 bits per heavy atom. The van der Waals surface area contributed by atoms with Crippen molar-refractivity contribution in [1.29, 1.82) is 0 Å². The van der Waals surface area contributed by atoms with Crippen molar-refractivity contribution in [3.8, 4) is 0 Å². The van der Waals surface area contributed by atoms with E-state index in [4.69, 9.17) is 10.5 Å². The Kier molecular flexibility index (Phi) is 5.21. The molecular formula is C15H23N3O. The van der Waals surface area contributed by atoms with E-state index in [2.05, 4.69) is 28.5 Å². The first-order valence-electron chi connectivity index (χ1n) is 7.06. The Hall–Kier alpha value is -1.55. The number of ether oxygens (including phenoxy) is 1. The number of aryl methyl sites for hydroxylation is 1. The van der Waals surface area contributed by atoms with Crippen LogP contribution in [0.15, 0.2) is 23.2 Å². The highest BCUT2D eigenvalue weighted by atomic mass is 16.5. The first-order valence-corrected chi connectivity index (χ1v) is 7.06. The molecule has 0 fully saturated rings. The molecular weight excluding hydrogens is 238 g/mol. The van der Waals surface area contributed by atoms with Crippen LogP contribution in [-0.4, -0.2) is 25.7 Å². The Morgan fingerprint density at radius 2 is 2.21 bits per heavy atom. The summed E-state index contributed by atoms with van der Waals surface area (Å²) in [5.74, 6) is 0.471. The average molecular weight is 261 g/mol. The summed E-state index contributed by atoms with van der Waals surface area (Å²) in [5.41, 5.74) is 9.85. The van der Waals surface area contributed by atoms with E-state index in [1.165, 1.54) is 30.4 Å². The zero-order valence-corrected chi connectivity index (χ0v) is 11.6. The normalized spacial score (nSPS) is 15.1. The van der Waals surface area contributed by atoms with Crippen LogP contribution in [0.3, 0.4) is 0 Å². The molecule has 4 heteroatoms. The van der Waals surface area contributed by atoms with Crippen molar-refractivity contribution in [3.05, 3.63) is 29.3 Å². The van der Waals surface area contributed by atoms with Crippen molar-refractivity contribution in [2.24, 2.45) is 10.7 Å². The predicted octanol–water partition coefficient (Wildman–Crippen LogP) is 2.33. The van der Waals surface area contributed by atoms with Crippen LogP contribution in [0.4, 0.5) is 5.69 Å². The molecule has 0 unspecified atom stereocenters. The summed E-state index contributed by atoms with van der Waals surface area (Å²) in [5, 5.41) is 3.22. The fraction of sp³-hybridized carbons (Fsp3) is 0.533. The van der Waals surface area contributed by atoms with E-state index in [0.717, 1.165) is 18.7 Å². The summed E-state index contributed by atoms with van der Waals surface area (Å²) in [6.07, 6.45) is 4.85. The SMILES string of the molecule is CCOCCN=C(N)Nc1cccc2c1CCCC2. The summed E-state index contributed by atoms with van der Waals surface area (Å²) in [6, 6.07) is 6.37. The van der Waals surface area contributed by atoms with Gasteiger partial charge in [0.15, 0.2) is 5.96 Å². The zero-order valence-electron chi connectivity index (χ0n) is 11.6. The van der Waals surface area contributed by atoms with Crippen LogP contribution in [-0.2, 0) is 17.6 Å². The fourth-order valence-electron chi connectivity index (χ4n) is 2.45. The zero-order chi connectivity index (χ0) is 13.5. The minimum atomic E-state index is 0.471. The lowest BCUT2D eigenvalue weighted by atomic mass is 9.90. The van der Waals surface area contributed by atoms with E-state index in [-0.39, 0.29) is 0 Å². The maximum atomic E-state index is 5.90. The molecule has 1 aliphatic rings. The second-order valence-corrected chi connectivity index (χ2v) is 4.74. The van der Waals surface area contributed by atoms with Crippen molar-refractivity contribution in [2.75, 3.05) is 25.1 Å². The maximum absolute atomic E-state index is 5.90. The molecule has 0 radical (unpaired) electrons. The van der Waals surface area contributed by atoms with Gasteiger partial charge in [-0.3, -0.25) is 4.99 Å². The van der Waals surface area contributed by atoms with Crippen molar-refractivity contribution < 1.29 is 4.74 Å². The number of nitrogens with one attached hydrogen (secondary N) is 1. The summed E-state index contributed by atoms with van der Waals surface area (Å²) >= 11 is 0. The highest BCUT2D eigenvalue weighted by Crippen LogP contribution is 2.27. The Bertz CT molecular complexity index is 443. The summed E-state index contributed by atoms with van der Waals surface area (Å²) in [4.78, 5) is 4.26. The van der Waals surface area contributed by atoms with Gasteiger partial charge in [-0.25, -0.2) is 0 Å². The Labute approximate surface area is 115 Å². The number of nitrogens with two attached hydrogens (primary N) is 1. The monoisotopic (exact) mass is 261 g/mol. The van der Waals surface area contributed by atoms with E-state index in [1.54, 1.807) is 0 Å². The number of guanidine groups is 1. The molecule has 19 heavy (non-hydrogen) atoms. The molecule has 3 N–H and O–H groups in total. The number of aliphatic imine (C=N–C) groups is 1. The molecule has 0 amide bonds. The summed E-state index contributed by atoms with van der Waals surface area (Å²) in [7, 11) is 0. The maximum Gasteiger partial charge on any atom is 0.193 e. The molecule has 104 valence electrons. The smallest absolute Gasteiger partial charge is 0.193 e. The highest BCUT2D eigenvalue weighted by molar-refractivity contribution is 5.93. The average Bonchev–Trinajstić information content (AvgIpc) is 2.44. The molecule has 0 heterocycles. The van der Waals surface area contributed by atoms with Crippen LogP contribution in [0.1, 0.15) is 30.9 Å². The van der Waals surface area contributed by atoms with Gasteiger partial charge in [-0.15, -0.1) is 0 Å². The molecule has 1 aromatic carbocycles. The molecule has 1 aliphatic carbocycles. The standard InChI is InChI=1S/C15H23N3O/c1-2-19-11-10-17-15(16)18-14-9-5-7-12-6-3-4-8-13(12)14/h5,7,9H,2-4,6,8,10-11H2,1H3,(H3,16,17,18). The lowest BCUT2D eigenvalue weighted by Gasteiger charge is -2.19. The number of fused-ring (bicyclic) bond motifs is 1. The third-order valence-corrected chi connectivity index (χ3v) is 3.38. The van der Waals surface area contributed by atoms with E-state index < -0.39 is 0 Å². The molecule has 0 spiro atoms.